The van der Waals surface area contributed by atoms with Gasteiger partial charge in [0.25, 0.3) is 5.91 Å². The molecule has 17 nitrogen and oxygen atoms in total. The van der Waals surface area contributed by atoms with Gasteiger partial charge in [0.05, 0.1) is 43.2 Å². The summed E-state index contributed by atoms with van der Waals surface area (Å²) in [7, 11) is 3.27. The van der Waals surface area contributed by atoms with Gasteiger partial charge in [0.15, 0.2) is 5.82 Å². The minimum Gasteiger partial charge on any atom is -0.378 e. The van der Waals surface area contributed by atoms with Crippen molar-refractivity contribution >= 4 is 40.8 Å². The number of pyridine rings is 1. The Morgan fingerprint density at radius 1 is 1.12 bits per heavy atom. The van der Waals surface area contributed by atoms with E-state index < -0.39 is 40.8 Å². The maximum Gasteiger partial charge on any atom is 0.261 e. The number of nitrogens with one attached hydrogen (secondary N) is 2. The SMILES string of the molecule is C=CC(=O)N1CC[C@H](C(=O)N(C)[C@H](C(=O)N[C@H]2Cn3cnc(n3)-c3ccc4c(c3)c(c(-c3cccnc3[C@H](C)OC)n4CC)CC(C)(C)COC[C@@]3(C=O)CCCN(N3)C2=O)C(C)C)C1. The van der Waals surface area contributed by atoms with Crippen molar-refractivity contribution in [2.45, 2.75) is 104 Å². The lowest BCUT2D eigenvalue weighted by atomic mass is 9.84. The lowest BCUT2D eigenvalue weighted by Crippen LogP contribution is -2.66. The molecule has 0 radical (unpaired) electrons. The number of ether oxygens (including phenoxy) is 2. The molecule has 4 aromatic rings. The van der Waals surface area contributed by atoms with E-state index in [4.69, 9.17) is 24.5 Å². The van der Waals surface area contributed by atoms with Crippen molar-refractivity contribution < 1.29 is 33.4 Å². The first-order valence-corrected chi connectivity index (χ1v) is 22.7. The van der Waals surface area contributed by atoms with Crippen molar-refractivity contribution in [2.24, 2.45) is 17.3 Å². The molecule has 0 saturated carbocycles. The smallest absolute Gasteiger partial charge is 0.261 e. The first-order valence-electron chi connectivity index (χ1n) is 22.7. The fraction of sp³-hybridized carbons (Fsp3) is 0.542. The van der Waals surface area contributed by atoms with E-state index in [0.29, 0.717) is 51.2 Å². The molecule has 4 amide bonds. The minimum atomic E-state index is -1.21. The molecule has 0 aliphatic carbocycles. The van der Waals surface area contributed by atoms with E-state index in [0.717, 1.165) is 45.3 Å². The van der Waals surface area contributed by atoms with Gasteiger partial charge in [-0.05, 0) is 92.8 Å². The number of aromatic nitrogens is 5. The predicted molar refractivity (Wildman–Crippen MR) is 245 cm³/mol. The average Bonchev–Trinajstić information content (AvgIpc) is 4.05. The monoisotopic (exact) mass is 892 g/mol. The van der Waals surface area contributed by atoms with E-state index in [1.54, 1.807) is 31.6 Å². The van der Waals surface area contributed by atoms with Crippen LogP contribution in [-0.2, 0) is 53.0 Å². The number of carbonyl (C=O) groups is 5. The van der Waals surface area contributed by atoms with Crippen LogP contribution in [0.3, 0.4) is 0 Å². The van der Waals surface area contributed by atoms with E-state index in [1.165, 1.54) is 20.7 Å². The van der Waals surface area contributed by atoms with Gasteiger partial charge in [-0.25, -0.2) is 15.1 Å². The maximum atomic E-state index is 14.7. The normalized spacial score (nSPS) is 22.3. The first-order chi connectivity index (χ1) is 31.0. The number of benzene rings is 1. The summed E-state index contributed by atoms with van der Waals surface area (Å²) in [6.07, 6.45) is 7.13. The van der Waals surface area contributed by atoms with Gasteiger partial charge < -0.3 is 34.0 Å². The molecule has 0 spiro atoms. The number of aryl methyl sites for hydroxylation is 1. The van der Waals surface area contributed by atoms with Crippen molar-refractivity contribution in [3.05, 3.63) is 66.8 Å². The van der Waals surface area contributed by atoms with E-state index in [2.05, 4.69) is 60.9 Å². The second-order valence-electron chi connectivity index (χ2n) is 18.9. The Morgan fingerprint density at radius 3 is 2.62 bits per heavy atom. The number of amides is 4. The quantitative estimate of drug-likeness (QED) is 0.161. The third-order valence-corrected chi connectivity index (χ3v) is 13.1. The summed E-state index contributed by atoms with van der Waals surface area (Å²) >= 11 is 0. The zero-order valence-electron chi connectivity index (χ0n) is 39.0. The molecule has 6 bridgehead atoms. The summed E-state index contributed by atoms with van der Waals surface area (Å²) in [5.41, 5.74) is 7.32. The second-order valence-corrected chi connectivity index (χ2v) is 18.9. The van der Waals surface area contributed by atoms with Crippen molar-refractivity contribution in [1.29, 1.82) is 0 Å². The maximum absolute atomic E-state index is 14.7. The number of aldehydes is 1. The highest BCUT2D eigenvalue weighted by Crippen LogP contribution is 2.41. The first kappa shape index (κ1) is 47.2. The van der Waals surface area contributed by atoms with E-state index in [1.807, 2.05) is 32.9 Å². The van der Waals surface area contributed by atoms with Gasteiger partial charge in [0.1, 0.15) is 30.2 Å². The number of hydrazine groups is 1. The number of fused-ring (bicyclic) bond motifs is 6. The Labute approximate surface area is 380 Å². The van der Waals surface area contributed by atoms with Crippen LogP contribution in [0.4, 0.5) is 0 Å². The number of rotatable bonds is 11. The van der Waals surface area contributed by atoms with Crippen LogP contribution in [-0.4, -0.2) is 134 Å². The van der Waals surface area contributed by atoms with Crippen LogP contribution in [0.5, 0.6) is 0 Å². The lowest BCUT2D eigenvalue weighted by molar-refractivity contribution is -0.149. The van der Waals surface area contributed by atoms with Crippen molar-refractivity contribution in [3.8, 4) is 22.6 Å². The summed E-state index contributed by atoms with van der Waals surface area (Å²) in [5.74, 6) is -1.91. The Bertz CT molecular complexity index is 2440. The Balaban J connectivity index is 1.28. The largest absolute Gasteiger partial charge is 0.378 e. The number of methoxy groups -OCH3 is 1. The number of carbonyl (C=O) groups excluding carboxylic acids is 5. The summed E-state index contributed by atoms with van der Waals surface area (Å²) in [5, 5.41) is 10.3. The van der Waals surface area contributed by atoms with Crippen LogP contribution in [0.25, 0.3) is 33.5 Å². The number of likely N-dealkylation sites (tertiary alicyclic amines) is 1. The molecule has 3 aliphatic heterocycles. The molecule has 1 aromatic carbocycles. The number of hydrogen-bond donors (Lipinski definition) is 2. The van der Waals surface area contributed by atoms with Crippen LogP contribution in [0.1, 0.15) is 78.2 Å². The topological polar surface area (TPSA) is 186 Å². The van der Waals surface area contributed by atoms with Crippen LogP contribution >= 0.6 is 0 Å². The molecule has 17 heteroatoms. The van der Waals surface area contributed by atoms with Crippen LogP contribution in [0.2, 0.25) is 0 Å². The summed E-state index contributed by atoms with van der Waals surface area (Å²) in [4.78, 5) is 80.9. The van der Waals surface area contributed by atoms with Crippen molar-refractivity contribution in [2.75, 3.05) is 47.0 Å². The fourth-order valence-corrected chi connectivity index (χ4v) is 9.77. The number of likely N-dealkylation sites (N-methyl/N-ethyl adjacent to an activating group) is 1. The Morgan fingerprint density at radius 2 is 1.91 bits per heavy atom. The van der Waals surface area contributed by atoms with Gasteiger partial charge in [-0.3, -0.25) is 29.2 Å². The lowest BCUT2D eigenvalue weighted by Gasteiger charge is -2.42. The highest BCUT2D eigenvalue weighted by molar-refractivity contribution is 5.95. The summed E-state index contributed by atoms with van der Waals surface area (Å²) in [6.45, 7) is 17.5. The Hall–Kier alpha value is -5.78. The molecule has 6 heterocycles. The van der Waals surface area contributed by atoms with Gasteiger partial charge in [-0.2, -0.15) is 5.10 Å². The molecular weight excluding hydrogens is 829 g/mol. The third kappa shape index (κ3) is 9.63. The van der Waals surface area contributed by atoms with Crippen molar-refractivity contribution in [1.82, 2.24) is 49.9 Å². The van der Waals surface area contributed by atoms with E-state index >= 15 is 0 Å². The fourth-order valence-electron chi connectivity index (χ4n) is 9.77. The number of hydrogen-bond acceptors (Lipinski definition) is 11. The molecule has 2 N–H and O–H groups in total. The third-order valence-electron chi connectivity index (χ3n) is 13.1. The Kier molecular flexibility index (Phi) is 14.1. The van der Waals surface area contributed by atoms with Gasteiger partial charge in [0, 0.05) is 68.6 Å². The van der Waals surface area contributed by atoms with Crippen LogP contribution < -0.4 is 10.7 Å². The predicted octanol–water partition coefficient (Wildman–Crippen LogP) is 4.36. The molecule has 5 atom stereocenters. The highest BCUT2D eigenvalue weighted by atomic mass is 16.5. The van der Waals surface area contributed by atoms with E-state index in [-0.39, 0.29) is 50.1 Å². The highest BCUT2D eigenvalue weighted by Gasteiger charge is 2.42. The van der Waals surface area contributed by atoms with Gasteiger partial charge in [-0.1, -0.05) is 34.3 Å². The molecule has 3 aliphatic rings. The molecular formula is C48H64N10O7. The van der Waals surface area contributed by atoms with Gasteiger partial charge >= 0.3 is 0 Å². The summed E-state index contributed by atoms with van der Waals surface area (Å²) < 4.78 is 16.1. The van der Waals surface area contributed by atoms with Gasteiger partial charge in [-0.15, -0.1) is 0 Å². The number of nitrogens with zero attached hydrogens (tertiary/aromatic N) is 8. The standard InChI is InChI=1S/C48H64N10O7/c1-10-39(60)55-21-17-33(24-55)45(62)54(8)41(30(3)4)44(61)51-37-25-56-29-50-43(52-56)32-15-16-38-35(22-32)36(42(57(38)11-2)34-14-12-19-49-40(34)31(5)64-9)23-47(6,7)27-65-28-48(26-59)18-13-20-58(53-48)46(37)63/h10,12,14-16,19,22,26,29-31,33,37,41,53H,1,11,13,17-18,20-21,23-25,27-28H2,2-9H3,(H,51,61)/t31-,33-,37-,41-,48-/m0/s1. The molecule has 7 rings (SSSR count). The van der Waals surface area contributed by atoms with E-state index in [9.17, 15) is 24.0 Å². The average molecular weight is 893 g/mol. The van der Waals surface area contributed by atoms with Crippen LogP contribution in [0.15, 0.2) is 55.5 Å². The molecule has 2 saturated heterocycles. The molecule has 0 unspecified atom stereocenters. The zero-order valence-corrected chi connectivity index (χ0v) is 39.0. The zero-order chi connectivity index (χ0) is 46.8. The summed E-state index contributed by atoms with van der Waals surface area (Å²) in [6, 6.07) is 8.11. The molecule has 348 valence electrons. The minimum absolute atomic E-state index is 0.0122. The second kappa shape index (κ2) is 19.4. The molecule has 3 aromatic heterocycles. The molecule has 65 heavy (non-hydrogen) atoms. The van der Waals surface area contributed by atoms with Crippen molar-refractivity contribution in [3.63, 3.8) is 0 Å². The van der Waals surface area contributed by atoms with Crippen LogP contribution in [0, 0.1) is 17.3 Å². The van der Waals surface area contributed by atoms with Gasteiger partial charge in [0.2, 0.25) is 17.7 Å². The molecule has 2 fully saturated rings.